The molecule has 0 bridgehead atoms. The zero-order valence-corrected chi connectivity index (χ0v) is 16.8. The number of carboxylic acids is 1. The van der Waals surface area contributed by atoms with Gasteiger partial charge in [-0.25, -0.2) is 0 Å². The van der Waals surface area contributed by atoms with Gasteiger partial charge in [0.15, 0.2) is 0 Å². The van der Waals surface area contributed by atoms with E-state index in [-0.39, 0.29) is 5.91 Å². The molecule has 2 aliphatic rings. The van der Waals surface area contributed by atoms with E-state index in [1.165, 1.54) is 0 Å². The third kappa shape index (κ3) is 4.29. The van der Waals surface area contributed by atoms with Crippen molar-refractivity contribution in [3.63, 3.8) is 0 Å². The molecule has 29 heavy (non-hydrogen) atoms. The first-order valence-electron chi connectivity index (χ1n) is 10.2. The normalized spacial score (nSPS) is 20.1. The van der Waals surface area contributed by atoms with Crippen LogP contribution < -0.4 is 0 Å². The Labute approximate surface area is 170 Å². The topological polar surface area (TPSA) is 89.1 Å². The van der Waals surface area contributed by atoms with Gasteiger partial charge in [0.1, 0.15) is 6.04 Å². The number of carboxylic acid groups (broad SMARTS) is 1. The molecule has 3 heterocycles. The molecule has 2 N–H and O–H groups in total. The number of morpholine rings is 1. The van der Waals surface area contributed by atoms with Crippen molar-refractivity contribution in [3.8, 4) is 0 Å². The summed E-state index contributed by atoms with van der Waals surface area (Å²) in [5.74, 6) is -0.714. The number of H-pyrrole nitrogens is 1. The van der Waals surface area contributed by atoms with Gasteiger partial charge in [0, 0.05) is 61.9 Å². The lowest BCUT2D eigenvalue weighted by atomic mass is 10.0. The zero-order chi connectivity index (χ0) is 20.4. The number of benzene rings is 1. The molecule has 156 valence electrons. The van der Waals surface area contributed by atoms with E-state index >= 15 is 0 Å². The monoisotopic (exact) mass is 400 g/mol. The van der Waals surface area contributed by atoms with Crippen LogP contribution >= 0.6 is 0 Å². The van der Waals surface area contributed by atoms with Gasteiger partial charge in [0.25, 0.3) is 0 Å². The van der Waals surface area contributed by atoms with Crippen LogP contribution in [0.1, 0.15) is 17.2 Å². The maximum atomic E-state index is 12.5. The van der Waals surface area contributed by atoms with Gasteiger partial charge in [-0.05, 0) is 19.1 Å². The number of hydrogen-bond acceptors (Lipinski definition) is 5. The highest BCUT2D eigenvalue weighted by atomic mass is 16.5. The fraction of sp³-hybridized carbons (Fsp3) is 0.524. The van der Waals surface area contributed by atoms with Gasteiger partial charge in [-0.2, -0.15) is 0 Å². The molecule has 1 aromatic heterocycles. The lowest BCUT2D eigenvalue weighted by molar-refractivity contribution is -0.145. The average molecular weight is 400 g/mol. The second kappa shape index (κ2) is 8.52. The molecule has 0 spiro atoms. The van der Waals surface area contributed by atoms with E-state index in [1.807, 2.05) is 41.1 Å². The lowest BCUT2D eigenvalue weighted by Crippen LogP contribution is -2.52. The number of piperazine rings is 1. The molecule has 0 unspecified atom stereocenters. The highest BCUT2D eigenvalue weighted by Crippen LogP contribution is 2.30. The van der Waals surface area contributed by atoms with Crippen LogP contribution in [0.25, 0.3) is 10.9 Å². The van der Waals surface area contributed by atoms with Gasteiger partial charge in [-0.3, -0.25) is 19.4 Å². The van der Waals surface area contributed by atoms with Gasteiger partial charge >= 0.3 is 5.97 Å². The molecule has 0 aliphatic carbocycles. The molecular formula is C21H28N4O4. The maximum Gasteiger partial charge on any atom is 0.325 e. The largest absolute Gasteiger partial charge is 0.480 e. The van der Waals surface area contributed by atoms with Crippen LogP contribution in [0.3, 0.4) is 0 Å². The van der Waals surface area contributed by atoms with Gasteiger partial charge in [0.05, 0.1) is 19.8 Å². The molecule has 1 atom stereocenters. The first kappa shape index (κ1) is 19.9. The van der Waals surface area contributed by atoms with E-state index in [1.54, 1.807) is 0 Å². The van der Waals surface area contributed by atoms with Crippen LogP contribution in [0.2, 0.25) is 0 Å². The lowest BCUT2D eigenvalue weighted by Gasteiger charge is -2.38. The van der Waals surface area contributed by atoms with Gasteiger partial charge in [-0.1, -0.05) is 11.6 Å². The van der Waals surface area contributed by atoms with Crippen molar-refractivity contribution in [2.24, 2.45) is 0 Å². The fourth-order valence-corrected chi connectivity index (χ4v) is 4.25. The number of hydrogen-bond donors (Lipinski definition) is 2. The number of aromatic nitrogens is 1. The minimum absolute atomic E-state index is 0.128. The fourth-order valence-electron chi connectivity index (χ4n) is 4.25. The molecule has 2 aliphatic heterocycles. The number of ether oxygens (including phenoxy) is 1. The summed E-state index contributed by atoms with van der Waals surface area (Å²) in [6.07, 6.45) is 1.82. The van der Waals surface area contributed by atoms with Crippen LogP contribution in [0, 0.1) is 6.92 Å². The van der Waals surface area contributed by atoms with Crippen LogP contribution in [0.4, 0.5) is 0 Å². The Bertz CT molecular complexity index is 882. The number of carbonyl (C=O) groups is 2. The number of amides is 1. The molecule has 2 aromatic rings. The highest BCUT2D eigenvalue weighted by Gasteiger charge is 2.33. The molecule has 0 radical (unpaired) electrons. The Hall–Kier alpha value is -2.42. The molecule has 2 fully saturated rings. The summed E-state index contributed by atoms with van der Waals surface area (Å²) >= 11 is 0. The summed E-state index contributed by atoms with van der Waals surface area (Å²) in [5, 5.41) is 10.9. The number of rotatable bonds is 5. The summed E-state index contributed by atoms with van der Waals surface area (Å²) in [7, 11) is 0. The Morgan fingerprint density at radius 3 is 2.55 bits per heavy atom. The second-order valence-electron chi connectivity index (χ2n) is 7.84. The van der Waals surface area contributed by atoms with Gasteiger partial charge in [-0.15, -0.1) is 0 Å². The second-order valence-corrected chi connectivity index (χ2v) is 7.84. The Balaban J connectivity index is 1.42. The number of fused-ring (bicyclic) bond motifs is 1. The summed E-state index contributed by atoms with van der Waals surface area (Å²) in [6, 6.07) is 5.35. The third-order valence-electron chi connectivity index (χ3n) is 5.89. The predicted molar refractivity (Wildman–Crippen MR) is 109 cm³/mol. The van der Waals surface area contributed by atoms with Crippen molar-refractivity contribution in [1.82, 2.24) is 19.7 Å². The third-order valence-corrected chi connectivity index (χ3v) is 5.89. The summed E-state index contributed by atoms with van der Waals surface area (Å²) < 4.78 is 5.30. The maximum absolute atomic E-state index is 12.5. The molecule has 8 heteroatoms. The number of carbonyl (C=O) groups excluding carboxylic acids is 1. The minimum Gasteiger partial charge on any atom is -0.480 e. The molecule has 0 saturated carbocycles. The minimum atomic E-state index is -0.842. The highest BCUT2D eigenvalue weighted by molar-refractivity contribution is 5.89. The Morgan fingerprint density at radius 1 is 1.14 bits per heavy atom. The van der Waals surface area contributed by atoms with E-state index in [0.717, 1.165) is 22.0 Å². The average Bonchev–Trinajstić information content (AvgIpc) is 3.12. The molecule has 4 rings (SSSR count). The van der Waals surface area contributed by atoms with Crippen LogP contribution in [-0.2, 0) is 14.3 Å². The molecule has 2 saturated heterocycles. The van der Waals surface area contributed by atoms with Crippen molar-refractivity contribution < 1.29 is 19.4 Å². The van der Waals surface area contributed by atoms with Crippen molar-refractivity contribution >= 4 is 22.8 Å². The molecule has 1 aromatic carbocycles. The number of nitrogens with zero attached hydrogens (tertiary/aromatic N) is 3. The molecule has 8 nitrogen and oxygen atoms in total. The molecular weight excluding hydrogens is 372 g/mol. The summed E-state index contributed by atoms with van der Waals surface area (Å²) in [4.78, 5) is 33.8. The van der Waals surface area contributed by atoms with Crippen molar-refractivity contribution in [3.05, 3.63) is 35.5 Å². The van der Waals surface area contributed by atoms with E-state index in [9.17, 15) is 14.7 Å². The summed E-state index contributed by atoms with van der Waals surface area (Å²) in [5.41, 5.74) is 2.86. The summed E-state index contributed by atoms with van der Waals surface area (Å²) in [6.45, 7) is 7.50. The SMILES string of the molecule is Cc1ccc2[nH]cc([C@@H](C(=O)O)N3CCN(CC(=O)N4CCOCC4)CC3)c2c1. The smallest absolute Gasteiger partial charge is 0.325 e. The van der Waals surface area contributed by atoms with Crippen LogP contribution in [0.15, 0.2) is 24.4 Å². The number of aliphatic carboxylic acids is 1. The van der Waals surface area contributed by atoms with Crippen molar-refractivity contribution in [1.29, 1.82) is 0 Å². The van der Waals surface area contributed by atoms with Gasteiger partial charge in [0.2, 0.25) is 5.91 Å². The van der Waals surface area contributed by atoms with E-state index < -0.39 is 12.0 Å². The number of aryl methyl sites for hydroxylation is 1. The van der Waals surface area contributed by atoms with E-state index in [0.29, 0.717) is 59.0 Å². The van der Waals surface area contributed by atoms with E-state index in [2.05, 4.69) is 9.88 Å². The first-order chi connectivity index (χ1) is 14.0. The number of aromatic amines is 1. The van der Waals surface area contributed by atoms with Crippen molar-refractivity contribution in [2.75, 3.05) is 59.0 Å². The van der Waals surface area contributed by atoms with E-state index in [4.69, 9.17) is 4.74 Å². The first-order valence-corrected chi connectivity index (χ1v) is 10.2. The quantitative estimate of drug-likeness (QED) is 0.781. The zero-order valence-electron chi connectivity index (χ0n) is 16.8. The number of nitrogens with one attached hydrogen (secondary N) is 1. The Morgan fingerprint density at radius 2 is 1.86 bits per heavy atom. The van der Waals surface area contributed by atoms with Crippen LogP contribution in [-0.4, -0.2) is 95.7 Å². The van der Waals surface area contributed by atoms with Crippen LogP contribution in [0.5, 0.6) is 0 Å². The van der Waals surface area contributed by atoms with Crippen molar-refractivity contribution in [2.45, 2.75) is 13.0 Å². The standard InChI is InChI=1S/C21H28N4O4/c1-15-2-3-18-16(12-15)17(13-22-18)20(21(27)28)25-6-4-23(5-7-25)14-19(26)24-8-10-29-11-9-24/h2-3,12-13,20,22H,4-11,14H2,1H3,(H,27,28)/t20-/m0/s1. The Kier molecular flexibility index (Phi) is 5.84. The molecule has 1 amide bonds. The predicted octanol–water partition coefficient (Wildman–Crippen LogP) is 1.08. The van der Waals surface area contributed by atoms with Gasteiger partial charge < -0.3 is 19.7 Å².